The fourth-order valence-electron chi connectivity index (χ4n) is 2.78. The summed E-state index contributed by atoms with van der Waals surface area (Å²) >= 11 is 3.43. The van der Waals surface area contributed by atoms with Gasteiger partial charge in [0.25, 0.3) is 0 Å². The van der Waals surface area contributed by atoms with Crippen LogP contribution in [0.2, 0.25) is 0 Å². The zero-order valence-corrected chi connectivity index (χ0v) is 15.2. The van der Waals surface area contributed by atoms with Gasteiger partial charge in [0.05, 0.1) is 4.90 Å². The van der Waals surface area contributed by atoms with Gasteiger partial charge in [-0.15, -0.1) is 0 Å². The number of hydrogen-bond acceptors (Lipinski definition) is 3. The number of rotatable bonds is 5. The zero-order chi connectivity index (χ0) is 15.7. The molecule has 0 atom stereocenters. The summed E-state index contributed by atoms with van der Waals surface area (Å²) < 4.78 is 28.0. The van der Waals surface area contributed by atoms with E-state index in [4.69, 9.17) is 0 Å². The lowest BCUT2D eigenvalue weighted by Crippen LogP contribution is -2.42. The molecule has 1 saturated heterocycles. The van der Waals surface area contributed by atoms with Crippen molar-refractivity contribution in [3.05, 3.63) is 28.2 Å². The smallest absolute Gasteiger partial charge is 0.244 e. The van der Waals surface area contributed by atoms with Crippen molar-refractivity contribution in [3.8, 4) is 0 Å². The Hall–Kier alpha value is -0.430. The second kappa shape index (κ2) is 6.36. The van der Waals surface area contributed by atoms with E-state index in [2.05, 4.69) is 21.2 Å². The Labute approximate surface area is 136 Å². The topological polar surface area (TPSA) is 49.4 Å². The predicted molar refractivity (Wildman–Crippen MR) is 88.7 cm³/mol. The van der Waals surface area contributed by atoms with Crippen molar-refractivity contribution in [1.82, 2.24) is 9.62 Å². The van der Waals surface area contributed by atoms with Crippen LogP contribution in [0.3, 0.4) is 0 Å². The quantitative estimate of drug-likeness (QED) is 0.860. The Balaban J connectivity index is 2.33. The van der Waals surface area contributed by atoms with E-state index in [-0.39, 0.29) is 5.54 Å². The van der Waals surface area contributed by atoms with Gasteiger partial charge in [0.1, 0.15) is 0 Å². The van der Waals surface area contributed by atoms with E-state index in [1.807, 2.05) is 32.9 Å². The van der Waals surface area contributed by atoms with Crippen LogP contribution in [0.25, 0.3) is 0 Å². The maximum absolute atomic E-state index is 12.9. The monoisotopic (exact) mass is 374 g/mol. The molecule has 0 spiro atoms. The fourth-order valence-corrected chi connectivity index (χ4v) is 5.71. The van der Waals surface area contributed by atoms with Crippen LogP contribution in [0.4, 0.5) is 0 Å². The van der Waals surface area contributed by atoms with Gasteiger partial charge in [0.2, 0.25) is 10.0 Å². The third kappa shape index (κ3) is 3.50. The van der Waals surface area contributed by atoms with Gasteiger partial charge in [0.15, 0.2) is 0 Å². The van der Waals surface area contributed by atoms with Crippen LogP contribution in [-0.4, -0.2) is 31.4 Å². The van der Waals surface area contributed by atoms with Gasteiger partial charge >= 0.3 is 0 Å². The number of hydrogen-bond donors (Lipinski definition) is 1. The second-order valence-corrected chi connectivity index (χ2v) is 8.72. The minimum Gasteiger partial charge on any atom is -0.313 e. The molecule has 1 N–H and O–H groups in total. The number of halogens is 1. The van der Waals surface area contributed by atoms with Crippen LogP contribution in [0, 0.1) is 0 Å². The highest BCUT2D eigenvalue weighted by molar-refractivity contribution is 9.10. The van der Waals surface area contributed by atoms with Crippen molar-refractivity contribution in [2.24, 2.45) is 0 Å². The van der Waals surface area contributed by atoms with Crippen LogP contribution >= 0.6 is 15.9 Å². The lowest BCUT2D eigenvalue weighted by Gasteiger charge is -2.30. The molecule has 1 fully saturated rings. The molecule has 0 unspecified atom stereocenters. The molecule has 4 nitrogen and oxygen atoms in total. The van der Waals surface area contributed by atoms with Crippen LogP contribution in [0.5, 0.6) is 0 Å². The van der Waals surface area contributed by atoms with E-state index in [1.165, 1.54) is 0 Å². The maximum Gasteiger partial charge on any atom is 0.244 e. The van der Waals surface area contributed by atoms with Gasteiger partial charge < -0.3 is 5.32 Å². The predicted octanol–water partition coefficient (Wildman–Crippen LogP) is 3.12. The molecule has 118 valence electrons. The van der Waals surface area contributed by atoms with Crippen molar-refractivity contribution in [1.29, 1.82) is 0 Å². The molecule has 6 heteroatoms. The number of nitrogens with one attached hydrogen (secondary N) is 1. The number of benzene rings is 1. The van der Waals surface area contributed by atoms with Gasteiger partial charge in [0, 0.05) is 23.1 Å². The first-order valence-corrected chi connectivity index (χ1v) is 9.54. The molecule has 0 radical (unpaired) electrons. The number of nitrogens with zero attached hydrogens (tertiary/aromatic N) is 1. The molecule has 0 amide bonds. The van der Waals surface area contributed by atoms with E-state index in [9.17, 15) is 8.42 Å². The summed E-state index contributed by atoms with van der Waals surface area (Å²) in [7, 11) is -3.45. The summed E-state index contributed by atoms with van der Waals surface area (Å²) in [6.45, 7) is 8.25. The highest BCUT2D eigenvalue weighted by Crippen LogP contribution is 2.36. The lowest BCUT2D eigenvalue weighted by molar-refractivity contribution is 0.291. The SMILES string of the molecule is CCNCc1ccc(S(=O)(=O)N2CCCC2(C)C)c(Br)c1. The van der Waals surface area contributed by atoms with Gasteiger partial charge in [-0.25, -0.2) is 8.42 Å². The molecule has 1 aromatic rings. The molecule has 0 aromatic heterocycles. The summed E-state index contributed by atoms with van der Waals surface area (Å²) in [6.07, 6.45) is 1.82. The molecular formula is C15H23BrN2O2S. The molecule has 1 aliphatic rings. The molecular weight excluding hydrogens is 352 g/mol. The summed E-state index contributed by atoms with van der Waals surface area (Å²) in [4.78, 5) is 0.359. The normalized spacial score (nSPS) is 19.0. The van der Waals surface area contributed by atoms with E-state index < -0.39 is 10.0 Å². The summed E-state index contributed by atoms with van der Waals surface area (Å²) in [5, 5.41) is 3.24. The van der Waals surface area contributed by atoms with Crippen LogP contribution < -0.4 is 5.32 Å². The highest BCUT2D eigenvalue weighted by Gasteiger charge is 2.41. The minimum atomic E-state index is -3.45. The first-order chi connectivity index (χ1) is 9.79. The Morgan fingerprint density at radius 3 is 2.62 bits per heavy atom. The summed E-state index contributed by atoms with van der Waals surface area (Å²) in [6, 6.07) is 5.47. The standard InChI is InChI=1S/C15H23BrN2O2S/c1-4-17-11-12-6-7-14(13(16)10-12)21(19,20)18-9-5-8-15(18,2)3/h6-7,10,17H,4-5,8-9,11H2,1-3H3. The minimum absolute atomic E-state index is 0.305. The third-order valence-electron chi connectivity index (χ3n) is 3.97. The van der Waals surface area contributed by atoms with Crippen molar-refractivity contribution in [3.63, 3.8) is 0 Å². The molecule has 0 bridgehead atoms. The van der Waals surface area contributed by atoms with Gasteiger partial charge in [-0.2, -0.15) is 4.31 Å². The van der Waals surface area contributed by atoms with E-state index >= 15 is 0 Å². The van der Waals surface area contributed by atoms with Gasteiger partial charge in [-0.05, 0) is 66.9 Å². The Bertz CT molecular complexity index is 614. The molecule has 1 heterocycles. The van der Waals surface area contributed by atoms with Crippen molar-refractivity contribution in [2.45, 2.75) is 50.6 Å². The molecule has 0 saturated carbocycles. The Morgan fingerprint density at radius 2 is 2.10 bits per heavy atom. The van der Waals surface area contributed by atoms with Crippen molar-refractivity contribution in [2.75, 3.05) is 13.1 Å². The van der Waals surface area contributed by atoms with Crippen LogP contribution in [0.15, 0.2) is 27.6 Å². The van der Waals surface area contributed by atoms with Crippen molar-refractivity contribution >= 4 is 26.0 Å². The molecule has 1 aliphatic heterocycles. The van der Waals surface area contributed by atoms with Crippen molar-refractivity contribution < 1.29 is 8.42 Å². The summed E-state index contributed by atoms with van der Waals surface area (Å²) in [5.74, 6) is 0. The fraction of sp³-hybridized carbons (Fsp3) is 0.600. The Morgan fingerprint density at radius 1 is 1.38 bits per heavy atom. The highest BCUT2D eigenvalue weighted by atomic mass is 79.9. The lowest BCUT2D eigenvalue weighted by atomic mass is 10.0. The molecule has 2 rings (SSSR count). The maximum atomic E-state index is 12.9. The average Bonchev–Trinajstić information content (AvgIpc) is 2.76. The van der Waals surface area contributed by atoms with Crippen LogP contribution in [0.1, 0.15) is 39.2 Å². The van der Waals surface area contributed by atoms with Crippen LogP contribution in [-0.2, 0) is 16.6 Å². The second-order valence-electron chi connectivity index (χ2n) is 6.04. The zero-order valence-electron chi connectivity index (χ0n) is 12.8. The van der Waals surface area contributed by atoms with Gasteiger partial charge in [-0.1, -0.05) is 13.0 Å². The average molecular weight is 375 g/mol. The molecule has 0 aliphatic carbocycles. The first kappa shape index (κ1) is 16.9. The number of sulfonamides is 1. The largest absolute Gasteiger partial charge is 0.313 e. The van der Waals surface area contributed by atoms with E-state index in [1.54, 1.807) is 10.4 Å². The summed E-state index contributed by atoms with van der Waals surface area (Å²) in [5.41, 5.74) is 0.768. The molecule has 21 heavy (non-hydrogen) atoms. The first-order valence-electron chi connectivity index (χ1n) is 7.31. The van der Waals surface area contributed by atoms with E-state index in [0.717, 1.165) is 31.5 Å². The van der Waals surface area contributed by atoms with Gasteiger partial charge in [-0.3, -0.25) is 0 Å². The van der Waals surface area contributed by atoms with E-state index in [0.29, 0.717) is 15.9 Å². The third-order valence-corrected chi connectivity index (χ3v) is 7.06. The molecule has 1 aromatic carbocycles. The Kier molecular flexibility index (Phi) is 5.13.